The molecule has 0 radical (unpaired) electrons. The minimum atomic E-state index is -4.04. The van der Waals surface area contributed by atoms with Gasteiger partial charge in [-0.3, -0.25) is 19.7 Å². The lowest BCUT2D eigenvalue weighted by atomic mass is 10.1. The molecule has 1 atom stereocenters. The Labute approximate surface area is 183 Å². The first-order valence-electron chi connectivity index (χ1n) is 8.98. The summed E-state index contributed by atoms with van der Waals surface area (Å²) in [7, 11) is -4.04. The van der Waals surface area contributed by atoms with Gasteiger partial charge in [-0.2, -0.15) is 4.72 Å². The number of rotatable bonds is 9. The third-order valence-corrected chi connectivity index (χ3v) is 5.72. The second-order valence-electron chi connectivity index (χ2n) is 6.76. The van der Waals surface area contributed by atoms with Crippen molar-refractivity contribution in [3.05, 3.63) is 63.7 Å². The Morgan fingerprint density at radius 1 is 1.16 bits per heavy atom. The van der Waals surface area contributed by atoms with Gasteiger partial charge in [0.25, 0.3) is 11.6 Å². The van der Waals surface area contributed by atoms with Gasteiger partial charge in [0.1, 0.15) is 6.04 Å². The van der Waals surface area contributed by atoms with E-state index in [0.29, 0.717) is 5.02 Å². The van der Waals surface area contributed by atoms with Crippen LogP contribution in [0.1, 0.15) is 13.8 Å². The number of anilines is 1. The van der Waals surface area contributed by atoms with Crippen LogP contribution in [0.25, 0.3) is 0 Å². The second-order valence-corrected chi connectivity index (χ2v) is 8.91. The minimum Gasteiger partial charge on any atom is -0.454 e. The zero-order valence-corrected chi connectivity index (χ0v) is 18.1. The predicted octanol–water partition coefficient (Wildman–Crippen LogP) is 2.73. The molecule has 0 aliphatic rings. The van der Waals surface area contributed by atoms with E-state index in [1.54, 1.807) is 13.8 Å². The van der Waals surface area contributed by atoms with Crippen LogP contribution in [0, 0.1) is 16.0 Å². The van der Waals surface area contributed by atoms with E-state index in [1.807, 2.05) is 0 Å². The highest BCUT2D eigenvalue weighted by Crippen LogP contribution is 2.18. The summed E-state index contributed by atoms with van der Waals surface area (Å²) < 4.78 is 32.3. The number of esters is 1. The molecular formula is C19H20ClN3O7S. The van der Waals surface area contributed by atoms with E-state index < -0.39 is 45.4 Å². The monoisotopic (exact) mass is 469 g/mol. The lowest BCUT2D eigenvalue weighted by Crippen LogP contribution is -2.45. The van der Waals surface area contributed by atoms with Gasteiger partial charge >= 0.3 is 5.97 Å². The molecule has 2 aromatic rings. The molecule has 166 valence electrons. The van der Waals surface area contributed by atoms with E-state index in [0.717, 1.165) is 6.07 Å². The molecule has 0 unspecified atom stereocenters. The number of benzene rings is 2. The number of nitrogens with one attached hydrogen (secondary N) is 2. The summed E-state index contributed by atoms with van der Waals surface area (Å²) in [6, 6.07) is 9.37. The van der Waals surface area contributed by atoms with Gasteiger partial charge in [-0.15, -0.1) is 0 Å². The molecule has 0 spiro atoms. The first-order valence-corrected chi connectivity index (χ1v) is 10.8. The maximum atomic E-state index is 12.5. The smallest absolute Gasteiger partial charge is 0.324 e. The van der Waals surface area contributed by atoms with Crippen molar-refractivity contribution in [2.24, 2.45) is 5.92 Å². The minimum absolute atomic E-state index is 0.0845. The first-order chi connectivity index (χ1) is 14.5. The van der Waals surface area contributed by atoms with Gasteiger partial charge in [-0.25, -0.2) is 8.42 Å². The van der Waals surface area contributed by atoms with Crippen LogP contribution >= 0.6 is 11.6 Å². The van der Waals surface area contributed by atoms with Crippen LogP contribution in [0.3, 0.4) is 0 Å². The first kappa shape index (κ1) is 24.3. The summed E-state index contributed by atoms with van der Waals surface area (Å²) in [4.78, 5) is 34.5. The van der Waals surface area contributed by atoms with Gasteiger partial charge in [0.05, 0.1) is 9.82 Å². The van der Waals surface area contributed by atoms with E-state index in [2.05, 4.69) is 10.0 Å². The molecule has 0 aromatic heterocycles. The summed E-state index contributed by atoms with van der Waals surface area (Å²) in [5, 5.41) is 13.5. The molecule has 10 nitrogen and oxygen atoms in total. The zero-order chi connectivity index (χ0) is 23.2. The lowest BCUT2D eigenvalue weighted by molar-refractivity contribution is -0.384. The van der Waals surface area contributed by atoms with Crippen LogP contribution in [-0.4, -0.2) is 37.9 Å². The Morgan fingerprint density at radius 3 is 2.39 bits per heavy atom. The van der Waals surface area contributed by atoms with Crippen molar-refractivity contribution in [2.45, 2.75) is 24.8 Å². The van der Waals surface area contributed by atoms with Crippen molar-refractivity contribution in [3.8, 4) is 0 Å². The molecule has 0 aliphatic carbocycles. The Morgan fingerprint density at radius 2 is 1.81 bits per heavy atom. The fourth-order valence-corrected chi connectivity index (χ4v) is 3.89. The highest BCUT2D eigenvalue weighted by atomic mass is 35.5. The van der Waals surface area contributed by atoms with Crippen LogP contribution < -0.4 is 10.0 Å². The molecule has 1 amide bonds. The Bertz CT molecular complexity index is 1070. The lowest BCUT2D eigenvalue weighted by Gasteiger charge is -2.20. The molecule has 0 bridgehead atoms. The normalized spacial score (nSPS) is 12.3. The van der Waals surface area contributed by atoms with Crippen molar-refractivity contribution in [1.82, 2.24) is 4.72 Å². The number of halogens is 1. The topological polar surface area (TPSA) is 145 Å². The van der Waals surface area contributed by atoms with Crippen molar-refractivity contribution in [3.63, 3.8) is 0 Å². The summed E-state index contributed by atoms with van der Waals surface area (Å²) in [6.07, 6.45) is 0. The molecule has 12 heteroatoms. The van der Waals surface area contributed by atoms with Crippen molar-refractivity contribution in [1.29, 1.82) is 0 Å². The van der Waals surface area contributed by atoms with Gasteiger partial charge < -0.3 is 10.1 Å². The Hall–Kier alpha value is -3.02. The average molecular weight is 470 g/mol. The fourth-order valence-electron chi connectivity index (χ4n) is 2.43. The summed E-state index contributed by atoms with van der Waals surface area (Å²) >= 11 is 5.76. The number of hydrogen-bond donors (Lipinski definition) is 2. The number of non-ortho nitro benzene ring substituents is 1. The highest BCUT2D eigenvalue weighted by molar-refractivity contribution is 7.89. The van der Waals surface area contributed by atoms with Crippen LogP contribution in [0.2, 0.25) is 5.02 Å². The van der Waals surface area contributed by atoms with Gasteiger partial charge in [0.2, 0.25) is 10.0 Å². The SMILES string of the molecule is CC(C)[C@H](NS(=O)(=O)c1ccc(Cl)cc1)C(=O)OCC(=O)Nc1cccc([N+](=O)[O-])c1. The van der Waals surface area contributed by atoms with Crippen LogP contribution in [0.15, 0.2) is 53.4 Å². The number of sulfonamides is 1. The molecule has 2 rings (SSSR count). The predicted molar refractivity (Wildman–Crippen MR) is 113 cm³/mol. The average Bonchev–Trinajstić information content (AvgIpc) is 2.70. The van der Waals surface area contributed by atoms with Crippen LogP contribution in [-0.2, 0) is 24.3 Å². The summed E-state index contributed by atoms with van der Waals surface area (Å²) in [6.45, 7) is 2.52. The molecule has 0 fully saturated rings. The summed E-state index contributed by atoms with van der Waals surface area (Å²) in [5.41, 5.74) is -0.0645. The number of nitro benzene ring substituents is 1. The third-order valence-electron chi connectivity index (χ3n) is 4.01. The van der Waals surface area contributed by atoms with E-state index in [1.165, 1.54) is 42.5 Å². The Balaban J connectivity index is 2.00. The van der Waals surface area contributed by atoms with E-state index in [-0.39, 0.29) is 16.3 Å². The zero-order valence-electron chi connectivity index (χ0n) is 16.6. The molecule has 2 aromatic carbocycles. The molecule has 2 N–H and O–H groups in total. The van der Waals surface area contributed by atoms with E-state index >= 15 is 0 Å². The standard InChI is InChI=1S/C19H20ClN3O7S/c1-12(2)18(22-31(28,29)16-8-6-13(20)7-9-16)19(25)30-11-17(24)21-14-4-3-5-15(10-14)23(26)27/h3-10,12,18,22H,11H2,1-2H3,(H,21,24)/t18-/m0/s1. The quantitative estimate of drug-likeness (QED) is 0.326. The number of carbonyl (C=O) groups is 2. The maximum absolute atomic E-state index is 12.5. The molecule has 0 heterocycles. The largest absolute Gasteiger partial charge is 0.454 e. The Kier molecular flexibility index (Phi) is 8.08. The number of hydrogen-bond acceptors (Lipinski definition) is 7. The number of nitro groups is 1. The molecule has 31 heavy (non-hydrogen) atoms. The van der Waals surface area contributed by atoms with Gasteiger partial charge in [0.15, 0.2) is 6.61 Å². The summed E-state index contributed by atoms with van der Waals surface area (Å²) in [5.74, 6) is -2.16. The molecular weight excluding hydrogens is 450 g/mol. The third kappa shape index (κ3) is 7.02. The molecule has 0 saturated carbocycles. The second kappa shape index (κ2) is 10.3. The van der Waals surface area contributed by atoms with Crippen LogP contribution in [0.5, 0.6) is 0 Å². The number of carbonyl (C=O) groups excluding carboxylic acids is 2. The van der Waals surface area contributed by atoms with Gasteiger partial charge in [-0.05, 0) is 36.2 Å². The van der Waals surface area contributed by atoms with Crippen molar-refractivity contribution in [2.75, 3.05) is 11.9 Å². The molecule has 0 aliphatic heterocycles. The van der Waals surface area contributed by atoms with E-state index in [9.17, 15) is 28.1 Å². The maximum Gasteiger partial charge on any atom is 0.324 e. The fraction of sp³-hybridized carbons (Fsp3) is 0.263. The highest BCUT2D eigenvalue weighted by Gasteiger charge is 2.30. The van der Waals surface area contributed by atoms with Crippen LogP contribution in [0.4, 0.5) is 11.4 Å². The van der Waals surface area contributed by atoms with E-state index in [4.69, 9.17) is 16.3 Å². The van der Waals surface area contributed by atoms with Crippen molar-refractivity contribution < 1.29 is 27.7 Å². The molecule has 0 saturated heterocycles. The number of amides is 1. The van der Waals surface area contributed by atoms with Gasteiger partial charge in [-0.1, -0.05) is 31.5 Å². The van der Waals surface area contributed by atoms with Gasteiger partial charge in [0, 0.05) is 22.8 Å². The number of ether oxygens (including phenoxy) is 1. The van der Waals surface area contributed by atoms with Crippen molar-refractivity contribution >= 4 is 44.9 Å². The number of nitrogens with zero attached hydrogens (tertiary/aromatic N) is 1.